The molecule has 0 bridgehead atoms. The number of nitrogens with one attached hydrogen (secondary N) is 2. The molecular weight excluding hydrogens is 307 g/mol. The summed E-state index contributed by atoms with van der Waals surface area (Å²) >= 11 is 1.18. The number of benzene rings is 1. The Morgan fingerprint density at radius 3 is 2.82 bits per heavy atom. The normalized spacial score (nSPS) is 10.6. The number of halogens is 1. The molecule has 2 rings (SSSR count). The van der Waals surface area contributed by atoms with Crippen molar-refractivity contribution in [1.82, 2.24) is 14.8 Å². The molecule has 0 atom stereocenters. The first-order valence-electron chi connectivity index (χ1n) is 6.93. The largest absolute Gasteiger partial charge is 0.343 e. The van der Waals surface area contributed by atoms with E-state index in [0.717, 1.165) is 12.8 Å². The fourth-order valence-corrected chi connectivity index (χ4v) is 2.56. The number of unbranched alkanes of at least 4 members (excludes halogenated alkanes) is 1. The van der Waals surface area contributed by atoms with Gasteiger partial charge in [0.2, 0.25) is 5.91 Å². The molecule has 2 aromatic rings. The molecule has 0 fully saturated rings. The summed E-state index contributed by atoms with van der Waals surface area (Å²) in [6, 6.07) is 5.53. The van der Waals surface area contributed by atoms with Gasteiger partial charge in [0.25, 0.3) is 0 Å². The Morgan fingerprint density at radius 2 is 2.14 bits per heavy atom. The lowest BCUT2D eigenvalue weighted by Crippen LogP contribution is -2.19. The maximum atomic E-state index is 12.8. The number of aromatic amines is 1. The predicted octanol–water partition coefficient (Wildman–Crippen LogP) is 2.24. The lowest BCUT2D eigenvalue weighted by Gasteiger charge is -2.06. The van der Waals surface area contributed by atoms with Crippen LogP contribution in [0.1, 0.15) is 19.8 Å². The Kier molecular flexibility index (Phi) is 5.76. The molecule has 0 radical (unpaired) electrons. The zero-order chi connectivity index (χ0) is 15.9. The van der Waals surface area contributed by atoms with E-state index in [9.17, 15) is 14.0 Å². The van der Waals surface area contributed by atoms with Gasteiger partial charge in [-0.3, -0.25) is 9.36 Å². The third kappa shape index (κ3) is 4.45. The number of hydrogen-bond donors (Lipinski definition) is 2. The number of anilines is 1. The Hall–Kier alpha value is -2.09. The Bertz CT molecular complexity index is 681. The van der Waals surface area contributed by atoms with Gasteiger partial charge in [0, 0.05) is 12.2 Å². The monoisotopic (exact) mass is 324 g/mol. The molecule has 2 N–H and O–H groups in total. The van der Waals surface area contributed by atoms with Crippen LogP contribution < -0.4 is 11.0 Å². The summed E-state index contributed by atoms with van der Waals surface area (Å²) in [5, 5.41) is 9.46. The second kappa shape index (κ2) is 7.79. The zero-order valence-corrected chi connectivity index (χ0v) is 13.0. The fraction of sp³-hybridized carbons (Fsp3) is 0.357. The van der Waals surface area contributed by atoms with Gasteiger partial charge >= 0.3 is 5.69 Å². The first-order valence-corrected chi connectivity index (χ1v) is 7.92. The van der Waals surface area contributed by atoms with Gasteiger partial charge in [-0.25, -0.2) is 14.3 Å². The first-order chi connectivity index (χ1) is 10.6. The second-order valence-corrected chi connectivity index (χ2v) is 5.60. The van der Waals surface area contributed by atoms with Crippen LogP contribution in [-0.2, 0) is 11.3 Å². The van der Waals surface area contributed by atoms with Crippen LogP contribution in [0.25, 0.3) is 0 Å². The molecule has 0 saturated heterocycles. The number of nitrogens with zero attached hydrogens (tertiary/aromatic N) is 2. The fourth-order valence-electron chi connectivity index (χ4n) is 1.79. The standard InChI is InChI=1S/C14H17FN4O2S/c1-2-3-8-19-13(21)17-18-14(19)22-9-12(20)16-11-6-4-10(15)5-7-11/h4-7H,2-3,8-9H2,1H3,(H,16,20)(H,17,21). The molecule has 8 heteroatoms. The van der Waals surface area contributed by atoms with Crippen molar-refractivity contribution in [2.75, 3.05) is 11.1 Å². The average Bonchev–Trinajstić information content (AvgIpc) is 2.86. The Morgan fingerprint density at radius 1 is 1.41 bits per heavy atom. The van der Waals surface area contributed by atoms with E-state index in [0.29, 0.717) is 17.4 Å². The number of thioether (sulfide) groups is 1. The third-order valence-corrected chi connectivity index (χ3v) is 3.90. The highest BCUT2D eigenvalue weighted by atomic mass is 32.2. The van der Waals surface area contributed by atoms with Crippen molar-refractivity contribution in [2.24, 2.45) is 0 Å². The minimum atomic E-state index is -0.358. The molecule has 0 aliphatic rings. The van der Waals surface area contributed by atoms with Gasteiger partial charge in [-0.05, 0) is 30.7 Å². The number of rotatable bonds is 7. The smallest absolute Gasteiger partial charge is 0.325 e. The highest BCUT2D eigenvalue weighted by Crippen LogP contribution is 2.15. The molecule has 0 aliphatic carbocycles. The van der Waals surface area contributed by atoms with E-state index in [-0.39, 0.29) is 23.2 Å². The minimum Gasteiger partial charge on any atom is -0.325 e. The highest BCUT2D eigenvalue weighted by Gasteiger charge is 2.11. The van der Waals surface area contributed by atoms with E-state index in [4.69, 9.17) is 0 Å². The van der Waals surface area contributed by atoms with Crippen LogP contribution in [-0.4, -0.2) is 26.4 Å². The van der Waals surface area contributed by atoms with Crippen LogP contribution in [0.15, 0.2) is 34.2 Å². The zero-order valence-electron chi connectivity index (χ0n) is 12.1. The van der Waals surface area contributed by atoms with Gasteiger partial charge in [0.15, 0.2) is 5.16 Å². The summed E-state index contributed by atoms with van der Waals surface area (Å²) < 4.78 is 14.3. The lowest BCUT2D eigenvalue weighted by atomic mass is 10.3. The number of aromatic nitrogens is 3. The van der Waals surface area contributed by atoms with Gasteiger partial charge < -0.3 is 5.32 Å². The van der Waals surface area contributed by atoms with Gasteiger partial charge in [-0.15, -0.1) is 5.10 Å². The van der Waals surface area contributed by atoms with E-state index in [1.54, 1.807) is 0 Å². The van der Waals surface area contributed by atoms with Crippen molar-refractivity contribution in [3.8, 4) is 0 Å². The summed E-state index contributed by atoms with van der Waals surface area (Å²) in [5.41, 5.74) is 0.257. The topological polar surface area (TPSA) is 79.8 Å². The molecule has 1 heterocycles. The van der Waals surface area contributed by atoms with Crippen molar-refractivity contribution in [1.29, 1.82) is 0 Å². The van der Waals surface area contributed by atoms with Crippen molar-refractivity contribution in [3.05, 3.63) is 40.6 Å². The molecule has 1 aromatic heterocycles. The van der Waals surface area contributed by atoms with E-state index in [2.05, 4.69) is 15.5 Å². The molecule has 1 aromatic carbocycles. The molecule has 1 amide bonds. The van der Waals surface area contributed by atoms with Crippen LogP contribution in [0.2, 0.25) is 0 Å². The van der Waals surface area contributed by atoms with E-state index < -0.39 is 0 Å². The van der Waals surface area contributed by atoms with Crippen LogP contribution in [0.5, 0.6) is 0 Å². The quantitative estimate of drug-likeness (QED) is 0.766. The molecule has 0 saturated carbocycles. The highest BCUT2D eigenvalue weighted by molar-refractivity contribution is 7.99. The van der Waals surface area contributed by atoms with Gasteiger partial charge in [-0.1, -0.05) is 25.1 Å². The predicted molar refractivity (Wildman–Crippen MR) is 83.5 cm³/mol. The number of carbonyl (C=O) groups is 1. The Labute approximate surface area is 131 Å². The van der Waals surface area contributed by atoms with Gasteiger partial charge in [0.05, 0.1) is 5.75 Å². The van der Waals surface area contributed by atoms with Crippen molar-refractivity contribution < 1.29 is 9.18 Å². The summed E-state index contributed by atoms with van der Waals surface area (Å²) in [6.07, 6.45) is 1.83. The summed E-state index contributed by atoms with van der Waals surface area (Å²) in [6.45, 7) is 2.61. The van der Waals surface area contributed by atoms with Crippen molar-refractivity contribution >= 4 is 23.4 Å². The Balaban J connectivity index is 1.91. The summed E-state index contributed by atoms with van der Waals surface area (Å²) in [5.74, 6) is -0.480. The second-order valence-electron chi connectivity index (χ2n) is 4.66. The van der Waals surface area contributed by atoms with E-state index in [1.165, 1.54) is 40.6 Å². The van der Waals surface area contributed by atoms with E-state index >= 15 is 0 Å². The number of carbonyl (C=O) groups excluding carboxylic acids is 1. The van der Waals surface area contributed by atoms with Crippen LogP contribution in [0.4, 0.5) is 10.1 Å². The average molecular weight is 324 g/mol. The number of H-pyrrole nitrogens is 1. The SMILES string of the molecule is CCCCn1c(SCC(=O)Nc2ccc(F)cc2)n[nH]c1=O. The van der Waals surface area contributed by atoms with Crippen LogP contribution in [0.3, 0.4) is 0 Å². The summed E-state index contributed by atoms with van der Waals surface area (Å²) in [4.78, 5) is 23.5. The number of amides is 1. The molecule has 6 nitrogen and oxygen atoms in total. The molecule has 0 unspecified atom stereocenters. The van der Waals surface area contributed by atoms with E-state index in [1.807, 2.05) is 6.92 Å². The summed E-state index contributed by atoms with van der Waals surface area (Å²) in [7, 11) is 0. The lowest BCUT2D eigenvalue weighted by molar-refractivity contribution is -0.113. The molecule has 118 valence electrons. The molecule has 22 heavy (non-hydrogen) atoms. The van der Waals surface area contributed by atoms with Crippen LogP contribution in [0, 0.1) is 5.82 Å². The third-order valence-electron chi connectivity index (χ3n) is 2.92. The van der Waals surface area contributed by atoms with Gasteiger partial charge in [-0.2, -0.15) is 0 Å². The minimum absolute atomic E-state index is 0.119. The molecule has 0 aliphatic heterocycles. The van der Waals surface area contributed by atoms with Crippen LogP contribution >= 0.6 is 11.8 Å². The first kappa shape index (κ1) is 16.3. The van der Waals surface area contributed by atoms with Crippen molar-refractivity contribution in [3.63, 3.8) is 0 Å². The molecular formula is C14H17FN4O2S. The van der Waals surface area contributed by atoms with Crippen molar-refractivity contribution in [2.45, 2.75) is 31.5 Å². The van der Waals surface area contributed by atoms with Gasteiger partial charge in [0.1, 0.15) is 5.82 Å². The molecule has 0 spiro atoms. The maximum absolute atomic E-state index is 12.8. The number of hydrogen-bond acceptors (Lipinski definition) is 4. The maximum Gasteiger partial charge on any atom is 0.343 e.